The summed E-state index contributed by atoms with van der Waals surface area (Å²) in [5, 5.41) is 0. The van der Waals surface area contributed by atoms with Crippen molar-refractivity contribution in [2.24, 2.45) is 5.73 Å². The van der Waals surface area contributed by atoms with E-state index in [-0.39, 0.29) is 0 Å². The monoisotopic (exact) mass is 234 g/mol. The molecule has 3 nitrogen and oxygen atoms in total. The molecule has 0 aromatic heterocycles. The molecule has 2 N–H and O–H groups in total. The predicted octanol–water partition coefficient (Wildman–Crippen LogP) is 2.03. The number of rotatable bonds is 8. The topological polar surface area (TPSA) is 38.5 Å². The summed E-state index contributed by atoms with van der Waals surface area (Å²) in [6.45, 7) is 9.95. The van der Waals surface area contributed by atoms with Gasteiger partial charge in [0.1, 0.15) is 12.4 Å². The SMILES string of the molecule is C=CCN(CC)CCOc1cccc(CN)c1. The molecule has 0 aliphatic rings. The molecule has 0 radical (unpaired) electrons. The van der Waals surface area contributed by atoms with E-state index in [4.69, 9.17) is 10.5 Å². The van der Waals surface area contributed by atoms with Crippen LogP contribution in [0.2, 0.25) is 0 Å². The van der Waals surface area contributed by atoms with E-state index in [2.05, 4.69) is 18.4 Å². The molecule has 3 heteroatoms. The summed E-state index contributed by atoms with van der Waals surface area (Å²) in [5.74, 6) is 0.891. The van der Waals surface area contributed by atoms with Crippen molar-refractivity contribution in [3.05, 3.63) is 42.5 Å². The highest BCUT2D eigenvalue weighted by Crippen LogP contribution is 2.12. The minimum absolute atomic E-state index is 0.550. The van der Waals surface area contributed by atoms with E-state index in [1.807, 2.05) is 30.3 Å². The summed E-state index contributed by atoms with van der Waals surface area (Å²) in [4.78, 5) is 2.28. The first kappa shape index (κ1) is 13.7. The Hall–Kier alpha value is -1.32. The van der Waals surface area contributed by atoms with Gasteiger partial charge in [-0.1, -0.05) is 25.1 Å². The second-order valence-corrected chi connectivity index (χ2v) is 3.88. The lowest BCUT2D eigenvalue weighted by atomic mass is 10.2. The maximum atomic E-state index is 5.70. The molecule has 0 aliphatic carbocycles. The van der Waals surface area contributed by atoms with Gasteiger partial charge in [0, 0.05) is 19.6 Å². The van der Waals surface area contributed by atoms with Gasteiger partial charge in [0.25, 0.3) is 0 Å². The number of hydrogen-bond donors (Lipinski definition) is 1. The van der Waals surface area contributed by atoms with Crippen LogP contribution in [0.15, 0.2) is 36.9 Å². The van der Waals surface area contributed by atoms with Crippen LogP contribution in [0.3, 0.4) is 0 Å². The Balaban J connectivity index is 2.36. The molecule has 0 saturated carbocycles. The van der Waals surface area contributed by atoms with Gasteiger partial charge in [-0.2, -0.15) is 0 Å². The van der Waals surface area contributed by atoms with E-state index in [1.54, 1.807) is 0 Å². The van der Waals surface area contributed by atoms with Gasteiger partial charge < -0.3 is 10.5 Å². The van der Waals surface area contributed by atoms with Gasteiger partial charge in [0.05, 0.1) is 0 Å². The molecular formula is C14H22N2O. The van der Waals surface area contributed by atoms with E-state index in [1.165, 1.54) is 0 Å². The summed E-state index contributed by atoms with van der Waals surface area (Å²) in [6.07, 6.45) is 1.92. The lowest BCUT2D eigenvalue weighted by Gasteiger charge is -2.18. The summed E-state index contributed by atoms with van der Waals surface area (Å²) < 4.78 is 5.70. The number of nitrogens with two attached hydrogens (primary N) is 1. The van der Waals surface area contributed by atoms with Crippen LogP contribution in [0, 0.1) is 0 Å². The van der Waals surface area contributed by atoms with Gasteiger partial charge in [0.15, 0.2) is 0 Å². The molecule has 1 rings (SSSR count). The predicted molar refractivity (Wildman–Crippen MR) is 72.1 cm³/mol. The summed E-state index contributed by atoms with van der Waals surface area (Å²) in [7, 11) is 0. The highest BCUT2D eigenvalue weighted by atomic mass is 16.5. The summed E-state index contributed by atoms with van der Waals surface area (Å²) in [6, 6.07) is 7.93. The number of hydrogen-bond acceptors (Lipinski definition) is 3. The zero-order chi connectivity index (χ0) is 12.5. The molecule has 0 bridgehead atoms. The van der Waals surface area contributed by atoms with E-state index >= 15 is 0 Å². The molecule has 0 heterocycles. The first-order valence-electron chi connectivity index (χ1n) is 6.05. The van der Waals surface area contributed by atoms with Gasteiger partial charge in [-0.25, -0.2) is 0 Å². The number of ether oxygens (including phenoxy) is 1. The third-order valence-electron chi connectivity index (χ3n) is 2.64. The quantitative estimate of drug-likeness (QED) is 0.699. The molecule has 1 aromatic carbocycles. The Labute approximate surface area is 104 Å². The molecule has 0 saturated heterocycles. The van der Waals surface area contributed by atoms with E-state index in [0.29, 0.717) is 13.2 Å². The Morgan fingerprint density at radius 3 is 2.94 bits per heavy atom. The van der Waals surface area contributed by atoms with Crippen LogP contribution in [-0.4, -0.2) is 31.1 Å². The lowest BCUT2D eigenvalue weighted by Crippen LogP contribution is -2.28. The molecule has 0 amide bonds. The Morgan fingerprint density at radius 2 is 2.29 bits per heavy atom. The second kappa shape index (κ2) is 7.87. The van der Waals surface area contributed by atoms with Gasteiger partial charge in [-0.3, -0.25) is 4.90 Å². The standard InChI is InChI=1S/C14H22N2O/c1-3-8-16(4-2)9-10-17-14-7-5-6-13(11-14)12-15/h3,5-7,11H,1,4,8-10,12,15H2,2H3. The third kappa shape index (κ3) is 5.02. The zero-order valence-corrected chi connectivity index (χ0v) is 10.6. The van der Waals surface area contributed by atoms with E-state index in [0.717, 1.165) is 30.9 Å². The van der Waals surface area contributed by atoms with Crippen molar-refractivity contribution in [3.8, 4) is 5.75 Å². The van der Waals surface area contributed by atoms with Crippen molar-refractivity contribution in [2.45, 2.75) is 13.5 Å². The molecular weight excluding hydrogens is 212 g/mol. The van der Waals surface area contributed by atoms with Gasteiger partial charge in [-0.15, -0.1) is 6.58 Å². The van der Waals surface area contributed by atoms with Crippen LogP contribution in [-0.2, 0) is 6.54 Å². The minimum Gasteiger partial charge on any atom is -0.492 e. The van der Waals surface area contributed by atoms with Crippen LogP contribution >= 0.6 is 0 Å². The molecule has 0 spiro atoms. The smallest absolute Gasteiger partial charge is 0.119 e. The normalized spacial score (nSPS) is 10.5. The second-order valence-electron chi connectivity index (χ2n) is 3.88. The van der Waals surface area contributed by atoms with Crippen LogP contribution in [0.5, 0.6) is 5.75 Å². The van der Waals surface area contributed by atoms with Crippen LogP contribution in [0.4, 0.5) is 0 Å². The lowest BCUT2D eigenvalue weighted by molar-refractivity contribution is 0.229. The Morgan fingerprint density at radius 1 is 1.47 bits per heavy atom. The fourth-order valence-electron chi connectivity index (χ4n) is 1.62. The van der Waals surface area contributed by atoms with Gasteiger partial charge >= 0.3 is 0 Å². The average Bonchev–Trinajstić information content (AvgIpc) is 2.38. The highest BCUT2D eigenvalue weighted by Gasteiger charge is 2.00. The number of likely N-dealkylation sites (N-methyl/N-ethyl adjacent to an activating group) is 1. The third-order valence-corrected chi connectivity index (χ3v) is 2.64. The minimum atomic E-state index is 0.550. The first-order valence-corrected chi connectivity index (χ1v) is 6.05. The largest absolute Gasteiger partial charge is 0.492 e. The molecule has 0 atom stereocenters. The van der Waals surface area contributed by atoms with Crippen molar-refractivity contribution in [2.75, 3.05) is 26.2 Å². The maximum absolute atomic E-state index is 5.70. The Kier molecular flexibility index (Phi) is 6.37. The fourth-order valence-corrected chi connectivity index (χ4v) is 1.62. The van der Waals surface area contributed by atoms with Crippen LogP contribution in [0.25, 0.3) is 0 Å². The Bertz CT molecular complexity index is 339. The van der Waals surface area contributed by atoms with Crippen LogP contribution in [0.1, 0.15) is 12.5 Å². The maximum Gasteiger partial charge on any atom is 0.119 e. The van der Waals surface area contributed by atoms with Crippen molar-refractivity contribution >= 4 is 0 Å². The molecule has 0 fully saturated rings. The highest BCUT2D eigenvalue weighted by molar-refractivity contribution is 5.28. The van der Waals surface area contributed by atoms with Gasteiger partial charge in [-0.05, 0) is 24.2 Å². The molecule has 0 aliphatic heterocycles. The average molecular weight is 234 g/mol. The summed E-state index contributed by atoms with van der Waals surface area (Å²) >= 11 is 0. The van der Waals surface area contributed by atoms with E-state index < -0.39 is 0 Å². The number of nitrogens with zero attached hydrogens (tertiary/aromatic N) is 1. The van der Waals surface area contributed by atoms with Crippen molar-refractivity contribution < 1.29 is 4.74 Å². The first-order chi connectivity index (χ1) is 8.30. The zero-order valence-electron chi connectivity index (χ0n) is 10.6. The van der Waals surface area contributed by atoms with Crippen molar-refractivity contribution in [3.63, 3.8) is 0 Å². The van der Waals surface area contributed by atoms with Crippen molar-refractivity contribution in [1.82, 2.24) is 4.90 Å². The van der Waals surface area contributed by atoms with Crippen LogP contribution < -0.4 is 10.5 Å². The van der Waals surface area contributed by atoms with Crippen molar-refractivity contribution in [1.29, 1.82) is 0 Å². The molecule has 94 valence electrons. The fraction of sp³-hybridized carbons (Fsp3) is 0.429. The van der Waals surface area contributed by atoms with Gasteiger partial charge in [0.2, 0.25) is 0 Å². The summed E-state index contributed by atoms with van der Waals surface area (Å²) in [5.41, 5.74) is 6.68. The molecule has 0 unspecified atom stereocenters. The molecule has 17 heavy (non-hydrogen) atoms. The number of benzene rings is 1. The van der Waals surface area contributed by atoms with E-state index in [9.17, 15) is 0 Å². The molecule has 1 aromatic rings.